The number of halogens is 2. The van der Waals surface area contributed by atoms with Gasteiger partial charge in [-0.05, 0) is 123 Å². The highest BCUT2D eigenvalue weighted by Crippen LogP contribution is 2.68. The van der Waals surface area contributed by atoms with Crippen molar-refractivity contribution in [3.05, 3.63) is 33.8 Å². The van der Waals surface area contributed by atoms with E-state index in [0.717, 1.165) is 43.4 Å². The lowest BCUT2D eigenvalue weighted by atomic mass is 9.44. The molecule has 1 aromatic carbocycles. The fourth-order valence-corrected chi connectivity index (χ4v) is 10.4. The van der Waals surface area contributed by atoms with Crippen LogP contribution in [0.2, 0.25) is 10.0 Å². The summed E-state index contributed by atoms with van der Waals surface area (Å²) in [5.74, 6) is 3.74. The molecule has 0 heterocycles. The molecule has 5 rings (SSSR count). The molecule has 0 saturated heterocycles. The van der Waals surface area contributed by atoms with Gasteiger partial charge in [-0.1, -0.05) is 50.0 Å². The van der Waals surface area contributed by atoms with Gasteiger partial charge in [0.2, 0.25) is 0 Å². The predicted molar refractivity (Wildman–Crippen MR) is 151 cm³/mol. The van der Waals surface area contributed by atoms with Gasteiger partial charge in [0, 0.05) is 6.42 Å². The Morgan fingerprint density at radius 2 is 1.66 bits per heavy atom. The van der Waals surface area contributed by atoms with Crippen molar-refractivity contribution in [1.82, 2.24) is 0 Å². The van der Waals surface area contributed by atoms with E-state index in [2.05, 4.69) is 20.8 Å². The van der Waals surface area contributed by atoms with Gasteiger partial charge in [-0.2, -0.15) is 0 Å². The zero-order valence-corrected chi connectivity index (χ0v) is 25.0. The fraction of sp³-hybridized carbons (Fsp3) is 0.750. The number of methoxy groups -OCH3 is 1. The normalized spacial score (nSPS) is 38.9. The Morgan fingerprint density at radius 1 is 0.974 bits per heavy atom. The summed E-state index contributed by atoms with van der Waals surface area (Å²) in [5, 5.41) is 0.701. The Morgan fingerprint density at radius 3 is 2.37 bits per heavy atom. The zero-order chi connectivity index (χ0) is 27.2. The summed E-state index contributed by atoms with van der Waals surface area (Å²) in [5.41, 5.74) is 1.00. The topological polar surface area (TPSA) is 52.6 Å². The largest absolute Gasteiger partial charge is 0.469 e. The number of carbonyl (C=O) groups excluding carboxylic acids is 2. The van der Waals surface area contributed by atoms with Gasteiger partial charge in [0.05, 0.1) is 22.7 Å². The average Bonchev–Trinajstić information content (AvgIpc) is 3.24. The maximum absolute atomic E-state index is 13.0. The van der Waals surface area contributed by atoms with Crippen LogP contribution in [-0.2, 0) is 14.3 Å². The molecule has 0 unspecified atom stereocenters. The summed E-state index contributed by atoms with van der Waals surface area (Å²) < 4.78 is 10.9. The number of ether oxygens (including phenoxy) is 2. The highest BCUT2D eigenvalue weighted by molar-refractivity contribution is 6.39. The van der Waals surface area contributed by atoms with Gasteiger partial charge in [-0.3, -0.25) is 4.79 Å². The molecule has 0 aliphatic heterocycles. The molecule has 0 radical (unpaired) electrons. The van der Waals surface area contributed by atoms with Crippen molar-refractivity contribution in [1.29, 1.82) is 0 Å². The number of rotatable bonds is 6. The van der Waals surface area contributed by atoms with Gasteiger partial charge in [0.1, 0.15) is 6.10 Å². The number of esters is 2. The molecular formula is C32H44Cl2O4. The lowest BCUT2D eigenvalue weighted by Gasteiger charge is -2.61. The number of fused-ring (bicyclic) bond motifs is 5. The minimum atomic E-state index is -0.394. The third kappa shape index (κ3) is 4.91. The van der Waals surface area contributed by atoms with Gasteiger partial charge in [0.25, 0.3) is 0 Å². The number of hydrogen-bond donors (Lipinski definition) is 0. The number of carbonyl (C=O) groups is 2. The molecule has 4 fully saturated rings. The van der Waals surface area contributed by atoms with Crippen LogP contribution in [0.15, 0.2) is 18.2 Å². The first-order chi connectivity index (χ1) is 18.1. The Balaban J connectivity index is 1.24. The molecule has 0 N–H and O–H groups in total. The molecule has 210 valence electrons. The summed E-state index contributed by atoms with van der Waals surface area (Å²) in [6, 6.07) is 5.12. The van der Waals surface area contributed by atoms with Crippen LogP contribution < -0.4 is 0 Å². The van der Waals surface area contributed by atoms with E-state index >= 15 is 0 Å². The maximum atomic E-state index is 13.0. The first kappa shape index (κ1) is 28.3. The lowest BCUT2D eigenvalue weighted by Crippen LogP contribution is -2.54. The molecule has 4 saturated carbocycles. The van der Waals surface area contributed by atoms with Crippen molar-refractivity contribution in [3.8, 4) is 0 Å². The smallest absolute Gasteiger partial charge is 0.341 e. The zero-order valence-electron chi connectivity index (χ0n) is 23.4. The molecule has 4 aliphatic carbocycles. The van der Waals surface area contributed by atoms with Gasteiger partial charge < -0.3 is 9.47 Å². The maximum Gasteiger partial charge on any atom is 0.341 e. The summed E-state index contributed by atoms with van der Waals surface area (Å²) in [7, 11) is 1.49. The lowest BCUT2D eigenvalue weighted by molar-refractivity contribution is -0.141. The molecule has 4 nitrogen and oxygen atoms in total. The van der Waals surface area contributed by atoms with E-state index in [1.165, 1.54) is 45.6 Å². The summed E-state index contributed by atoms with van der Waals surface area (Å²) in [6.07, 6.45) is 12.2. The van der Waals surface area contributed by atoms with Crippen LogP contribution >= 0.6 is 23.2 Å². The molecule has 38 heavy (non-hydrogen) atoms. The molecule has 4 aliphatic rings. The molecule has 6 heteroatoms. The van der Waals surface area contributed by atoms with Gasteiger partial charge in [-0.15, -0.1) is 0 Å². The summed E-state index contributed by atoms with van der Waals surface area (Å²) in [4.78, 5) is 24.7. The molecule has 0 aromatic heterocycles. The van der Waals surface area contributed by atoms with Crippen LogP contribution in [0.3, 0.4) is 0 Å². The van der Waals surface area contributed by atoms with Crippen LogP contribution in [0, 0.1) is 46.3 Å². The Hall–Kier alpha value is -1.26. The second-order valence-electron chi connectivity index (χ2n) is 13.4. The van der Waals surface area contributed by atoms with Crippen molar-refractivity contribution in [2.75, 3.05) is 7.11 Å². The highest BCUT2D eigenvalue weighted by Gasteiger charge is 2.60. The second kappa shape index (κ2) is 11.0. The molecule has 9 atom stereocenters. The van der Waals surface area contributed by atoms with Crippen LogP contribution in [0.4, 0.5) is 0 Å². The van der Waals surface area contributed by atoms with Gasteiger partial charge in [0.15, 0.2) is 0 Å². The summed E-state index contributed by atoms with van der Waals surface area (Å²) in [6.45, 7) is 7.49. The first-order valence-corrected chi connectivity index (χ1v) is 15.6. The quantitative estimate of drug-likeness (QED) is 0.325. The summed E-state index contributed by atoms with van der Waals surface area (Å²) >= 11 is 12.5. The molecule has 1 aromatic rings. The van der Waals surface area contributed by atoms with Crippen LogP contribution in [-0.4, -0.2) is 25.2 Å². The van der Waals surface area contributed by atoms with E-state index in [0.29, 0.717) is 45.0 Å². The van der Waals surface area contributed by atoms with Crippen LogP contribution in [0.5, 0.6) is 0 Å². The molecular weight excluding hydrogens is 519 g/mol. The number of benzene rings is 1. The minimum absolute atomic E-state index is 0.0650. The second-order valence-corrected chi connectivity index (χ2v) is 14.2. The van der Waals surface area contributed by atoms with Crippen LogP contribution in [0.25, 0.3) is 0 Å². The third-order valence-corrected chi connectivity index (χ3v) is 12.5. The van der Waals surface area contributed by atoms with E-state index in [1.54, 1.807) is 18.2 Å². The van der Waals surface area contributed by atoms with Crippen LogP contribution in [0.1, 0.15) is 102 Å². The Labute approximate surface area is 238 Å². The van der Waals surface area contributed by atoms with Gasteiger partial charge >= 0.3 is 11.9 Å². The first-order valence-electron chi connectivity index (χ1n) is 14.8. The van der Waals surface area contributed by atoms with E-state index in [9.17, 15) is 9.59 Å². The molecule has 0 spiro atoms. The Bertz CT molecular complexity index is 1040. The van der Waals surface area contributed by atoms with E-state index in [-0.39, 0.29) is 17.6 Å². The SMILES string of the molecule is COC(=O)CC[C@@H](C)[C@H]1CC[C@H]2[C@@H]3CC[C@@H]4C[C@H](OC(=O)c5c(Cl)cccc5Cl)CC[C@]4(C)[C@H]3CC[C@]12C. The predicted octanol–water partition coefficient (Wildman–Crippen LogP) is 8.77. The van der Waals surface area contributed by atoms with Crippen molar-refractivity contribution >= 4 is 35.1 Å². The average molecular weight is 564 g/mol. The van der Waals surface area contributed by atoms with Gasteiger partial charge in [-0.25, -0.2) is 4.79 Å². The van der Waals surface area contributed by atoms with Crippen molar-refractivity contribution < 1.29 is 19.1 Å². The number of hydrogen-bond acceptors (Lipinski definition) is 4. The standard InChI is InChI=1S/C32H44Cl2O4/c1-19(8-13-28(35)37-4)23-11-12-24-22-10-9-20-18-21(38-30(36)29-26(33)6-5-7-27(29)34)14-16-31(20,2)25(22)15-17-32(23,24)3/h5-7,19-25H,8-18H2,1-4H3/t19-,20-,21-,22+,23-,24+,25+,31+,32-/m1/s1. The third-order valence-electron chi connectivity index (χ3n) is 11.8. The van der Waals surface area contributed by atoms with E-state index in [1.807, 2.05) is 0 Å². The van der Waals surface area contributed by atoms with Crippen molar-refractivity contribution in [2.24, 2.45) is 46.3 Å². The van der Waals surface area contributed by atoms with E-state index in [4.69, 9.17) is 32.7 Å². The molecule has 0 bridgehead atoms. The van der Waals surface area contributed by atoms with Crippen molar-refractivity contribution in [3.63, 3.8) is 0 Å². The monoisotopic (exact) mass is 562 g/mol. The molecule has 0 amide bonds. The minimum Gasteiger partial charge on any atom is -0.469 e. The highest BCUT2D eigenvalue weighted by atomic mass is 35.5. The van der Waals surface area contributed by atoms with E-state index < -0.39 is 5.97 Å². The van der Waals surface area contributed by atoms with Crippen molar-refractivity contribution in [2.45, 2.75) is 97.5 Å². The Kier molecular flexibility index (Phi) is 8.15. The fourth-order valence-electron chi connectivity index (χ4n) is 9.85.